The molecule has 0 aliphatic carbocycles. The Kier molecular flexibility index (Phi) is 5.60. The molecule has 1 atom stereocenters. The molecule has 0 aromatic heterocycles. The van der Waals surface area contributed by atoms with Crippen LogP contribution in [0.4, 0.5) is 4.79 Å². The van der Waals surface area contributed by atoms with Crippen LogP contribution in [0, 0.1) is 0 Å². The summed E-state index contributed by atoms with van der Waals surface area (Å²) in [6.07, 6.45) is -0.0603. The minimum atomic E-state index is -0.918. The van der Waals surface area contributed by atoms with E-state index >= 15 is 0 Å². The highest BCUT2D eigenvalue weighted by molar-refractivity contribution is 5.73. The maximum atomic E-state index is 12.1. The average Bonchev–Trinajstić information content (AvgIpc) is 2.89. The molecule has 1 aromatic rings. The normalized spacial score (nSPS) is 21.3. The molecular formula is C17H24N2O4. The van der Waals surface area contributed by atoms with Gasteiger partial charge in [-0.05, 0) is 25.8 Å². The molecule has 0 bridgehead atoms. The molecule has 6 heteroatoms. The van der Waals surface area contributed by atoms with E-state index in [1.54, 1.807) is 0 Å². The Hall–Kier alpha value is -2.08. The van der Waals surface area contributed by atoms with Gasteiger partial charge in [0.05, 0.1) is 12.0 Å². The van der Waals surface area contributed by atoms with Gasteiger partial charge in [-0.25, -0.2) is 4.79 Å². The zero-order valence-corrected chi connectivity index (χ0v) is 13.6. The Balaban J connectivity index is 1.95. The van der Waals surface area contributed by atoms with Crippen molar-refractivity contribution in [3.8, 4) is 0 Å². The van der Waals surface area contributed by atoms with Gasteiger partial charge in [0.2, 0.25) is 0 Å². The Bertz CT molecular complexity index is 547. The van der Waals surface area contributed by atoms with Crippen molar-refractivity contribution in [2.45, 2.75) is 44.9 Å². The van der Waals surface area contributed by atoms with E-state index in [0.717, 1.165) is 12.1 Å². The van der Waals surface area contributed by atoms with Crippen LogP contribution in [0.15, 0.2) is 30.3 Å². The molecule has 23 heavy (non-hydrogen) atoms. The van der Waals surface area contributed by atoms with Crippen molar-refractivity contribution in [2.24, 2.45) is 0 Å². The Morgan fingerprint density at radius 3 is 2.61 bits per heavy atom. The average molecular weight is 320 g/mol. The number of carboxylic acids is 1. The van der Waals surface area contributed by atoms with Crippen molar-refractivity contribution in [3.63, 3.8) is 0 Å². The van der Waals surface area contributed by atoms with Crippen molar-refractivity contribution >= 4 is 12.1 Å². The highest BCUT2D eigenvalue weighted by Gasteiger charge is 2.42. The molecule has 1 aliphatic rings. The Morgan fingerprint density at radius 1 is 1.35 bits per heavy atom. The maximum absolute atomic E-state index is 12.1. The summed E-state index contributed by atoms with van der Waals surface area (Å²) in [5.41, 5.74) is 0.134. The number of alkyl carbamates (subject to hydrolysis) is 1. The van der Waals surface area contributed by atoms with E-state index in [4.69, 9.17) is 4.74 Å². The van der Waals surface area contributed by atoms with Crippen molar-refractivity contribution < 1.29 is 19.4 Å². The summed E-state index contributed by atoms with van der Waals surface area (Å²) in [7, 11) is 0. The van der Waals surface area contributed by atoms with Gasteiger partial charge in [0.25, 0.3) is 0 Å². The Morgan fingerprint density at radius 2 is 2.04 bits per heavy atom. The first-order valence-electron chi connectivity index (χ1n) is 7.85. The Labute approximate surface area is 136 Å². The third-order valence-electron chi connectivity index (χ3n) is 4.18. The summed E-state index contributed by atoms with van der Waals surface area (Å²) < 4.78 is 5.23. The van der Waals surface area contributed by atoms with E-state index in [-0.39, 0.29) is 13.0 Å². The second kappa shape index (κ2) is 7.46. The molecule has 126 valence electrons. The molecule has 1 saturated heterocycles. The zero-order valence-electron chi connectivity index (χ0n) is 13.6. The summed E-state index contributed by atoms with van der Waals surface area (Å²) in [6, 6.07) is 9.70. The largest absolute Gasteiger partial charge is 0.481 e. The lowest BCUT2D eigenvalue weighted by atomic mass is 9.94. The van der Waals surface area contributed by atoms with E-state index < -0.39 is 17.6 Å². The van der Waals surface area contributed by atoms with Crippen LogP contribution in [0.1, 0.15) is 32.3 Å². The number of likely N-dealkylation sites (tertiary alicyclic amines) is 1. The van der Waals surface area contributed by atoms with Crippen LogP contribution in [0.2, 0.25) is 0 Å². The standard InChI is InChI=1S/C17H24N2O4/c1-13(2)19-9-8-17(12-19,10-15(20)21)18-16(22)23-11-14-6-4-3-5-7-14/h3-7,13H,8-12H2,1-2H3,(H,18,22)(H,20,21). The maximum Gasteiger partial charge on any atom is 0.407 e. The second-order valence-electron chi connectivity index (χ2n) is 6.35. The number of amides is 1. The summed E-state index contributed by atoms with van der Waals surface area (Å²) in [4.78, 5) is 25.4. The lowest BCUT2D eigenvalue weighted by Gasteiger charge is -2.29. The van der Waals surface area contributed by atoms with Crippen LogP contribution >= 0.6 is 0 Å². The van der Waals surface area contributed by atoms with Gasteiger partial charge >= 0.3 is 12.1 Å². The number of carboxylic acid groups (broad SMARTS) is 1. The predicted molar refractivity (Wildman–Crippen MR) is 86.1 cm³/mol. The molecule has 1 aromatic carbocycles. The van der Waals surface area contributed by atoms with Gasteiger partial charge in [-0.1, -0.05) is 30.3 Å². The number of carbonyl (C=O) groups excluding carboxylic acids is 1. The molecule has 0 radical (unpaired) electrons. The predicted octanol–water partition coefficient (Wildman–Crippen LogP) is 2.24. The second-order valence-corrected chi connectivity index (χ2v) is 6.35. The third-order valence-corrected chi connectivity index (χ3v) is 4.18. The summed E-state index contributed by atoms with van der Waals surface area (Å²) in [5, 5.41) is 12.0. The van der Waals surface area contributed by atoms with E-state index in [1.165, 1.54) is 0 Å². The number of rotatable bonds is 6. The molecular weight excluding hydrogens is 296 g/mol. The highest BCUT2D eigenvalue weighted by Crippen LogP contribution is 2.26. The molecule has 1 heterocycles. The van der Waals surface area contributed by atoms with E-state index in [9.17, 15) is 14.7 Å². The van der Waals surface area contributed by atoms with Crippen LogP contribution in [-0.2, 0) is 16.1 Å². The van der Waals surface area contributed by atoms with E-state index in [2.05, 4.69) is 24.1 Å². The molecule has 1 fully saturated rings. The molecule has 6 nitrogen and oxygen atoms in total. The fraction of sp³-hybridized carbons (Fsp3) is 0.529. The van der Waals surface area contributed by atoms with Gasteiger partial charge < -0.3 is 15.2 Å². The molecule has 0 saturated carbocycles. The first-order chi connectivity index (χ1) is 10.9. The van der Waals surface area contributed by atoms with Gasteiger partial charge in [-0.15, -0.1) is 0 Å². The fourth-order valence-electron chi connectivity index (χ4n) is 2.90. The van der Waals surface area contributed by atoms with Crippen molar-refractivity contribution in [3.05, 3.63) is 35.9 Å². The van der Waals surface area contributed by atoms with Crippen LogP contribution < -0.4 is 5.32 Å². The van der Waals surface area contributed by atoms with Gasteiger partial charge in [0.1, 0.15) is 6.61 Å². The summed E-state index contributed by atoms with van der Waals surface area (Å²) in [5.74, 6) is -0.918. The molecule has 2 rings (SSSR count). The number of aliphatic carboxylic acids is 1. The van der Waals surface area contributed by atoms with Crippen molar-refractivity contribution in [2.75, 3.05) is 13.1 Å². The first kappa shape index (κ1) is 17.3. The van der Waals surface area contributed by atoms with Gasteiger partial charge in [-0.2, -0.15) is 0 Å². The lowest BCUT2D eigenvalue weighted by Crippen LogP contribution is -2.52. The molecule has 2 N–H and O–H groups in total. The number of nitrogens with zero attached hydrogens (tertiary/aromatic N) is 1. The van der Waals surface area contributed by atoms with E-state index in [0.29, 0.717) is 19.0 Å². The lowest BCUT2D eigenvalue weighted by molar-refractivity contribution is -0.138. The first-order valence-corrected chi connectivity index (χ1v) is 7.85. The van der Waals surface area contributed by atoms with Gasteiger partial charge in [0.15, 0.2) is 0 Å². The minimum absolute atomic E-state index is 0.101. The number of hydrogen-bond acceptors (Lipinski definition) is 4. The smallest absolute Gasteiger partial charge is 0.407 e. The zero-order chi connectivity index (χ0) is 16.9. The monoisotopic (exact) mass is 320 g/mol. The number of hydrogen-bond donors (Lipinski definition) is 2. The highest BCUT2D eigenvalue weighted by atomic mass is 16.5. The molecule has 1 amide bonds. The number of benzene rings is 1. The SMILES string of the molecule is CC(C)N1CCC(CC(=O)O)(NC(=O)OCc2ccccc2)C1. The summed E-state index contributed by atoms with van der Waals surface area (Å²) in [6.45, 7) is 5.58. The molecule has 0 spiro atoms. The fourth-order valence-corrected chi connectivity index (χ4v) is 2.90. The van der Waals surface area contributed by atoms with Crippen LogP contribution in [-0.4, -0.2) is 46.7 Å². The molecule has 1 aliphatic heterocycles. The van der Waals surface area contributed by atoms with Crippen LogP contribution in [0.3, 0.4) is 0 Å². The summed E-state index contributed by atoms with van der Waals surface area (Å²) >= 11 is 0. The van der Waals surface area contributed by atoms with Gasteiger partial charge in [0, 0.05) is 19.1 Å². The quantitative estimate of drug-likeness (QED) is 0.840. The topological polar surface area (TPSA) is 78.9 Å². The van der Waals surface area contributed by atoms with E-state index in [1.807, 2.05) is 30.3 Å². The number of carbonyl (C=O) groups is 2. The third kappa shape index (κ3) is 4.96. The number of nitrogens with one attached hydrogen (secondary N) is 1. The van der Waals surface area contributed by atoms with Gasteiger partial charge in [-0.3, -0.25) is 9.69 Å². The molecule has 1 unspecified atom stereocenters. The van der Waals surface area contributed by atoms with Crippen LogP contribution in [0.5, 0.6) is 0 Å². The van der Waals surface area contributed by atoms with Crippen LogP contribution in [0.25, 0.3) is 0 Å². The van der Waals surface area contributed by atoms with Crippen molar-refractivity contribution in [1.29, 1.82) is 0 Å². The minimum Gasteiger partial charge on any atom is -0.481 e. The number of ether oxygens (including phenoxy) is 1. The van der Waals surface area contributed by atoms with Crippen molar-refractivity contribution in [1.82, 2.24) is 10.2 Å².